The summed E-state index contributed by atoms with van der Waals surface area (Å²) in [5.41, 5.74) is 1.24. The van der Waals surface area contributed by atoms with E-state index in [9.17, 15) is 9.59 Å². The first-order chi connectivity index (χ1) is 12.6. The lowest BCUT2D eigenvalue weighted by molar-refractivity contribution is -0.137. The number of likely N-dealkylation sites (tertiary alicyclic amines) is 1. The highest BCUT2D eigenvalue weighted by Crippen LogP contribution is 2.22. The van der Waals surface area contributed by atoms with Crippen molar-refractivity contribution in [2.75, 3.05) is 20.1 Å². The molecule has 1 aliphatic heterocycles. The van der Waals surface area contributed by atoms with E-state index in [4.69, 9.17) is 0 Å². The van der Waals surface area contributed by atoms with Crippen LogP contribution in [0.5, 0.6) is 0 Å². The van der Waals surface area contributed by atoms with Gasteiger partial charge in [-0.1, -0.05) is 30.3 Å². The lowest BCUT2D eigenvalue weighted by atomic mass is 9.99. The first kappa shape index (κ1) is 18.2. The molecule has 0 spiro atoms. The van der Waals surface area contributed by atoms with Crippen LogP contribution in [0.1, 0.15) is 24.7 Å². The molecule has 1 aliphatic rings. The van der Waals surface area contributed by atoms with Gasteiger partial charge in [0.1, 0.15) is 5.82 Å². The summed E-state index contributed by atoms with van der Waals surface area (Å²) in [4.78, 5) is 32.5. The van der Waals surface area contributed by atoms with Gasteiger partial charge in [0.2, 0.25) is 11.8 Å². The van der Waals surface area contributed by atoms with Crippen LogP contribution in [-0.4, -0.2) is 51.3 Å². The molecule has 2 heterocycles. The van der Waals surface area contributed by atoms with Crippen LogP contribution in [0.25, 0.3) is 0 Å². The first-order valence-corrected chi connectivity index (χ1v) is 9.12. The van der Waals surface area contributed by atoms with Gasteiger partial charge in [0.15, 0.2) is 0 Å². The molecular weight excluding hydrogens is 328 g/mol. The van der Waals surface area contributed by atoms with Gasteiger partial charge < -0.3 is 14.4 Å². The predicted octanol–water partition coefficient (Wildman–Crippen LogP) is 1.95. The maximum atomic E-state index is 12.5. The topological polar surface area (TPSA) is 58.4 Å². The molecule has 3 rings (SSSR count). The highest BCUT2D eigenvalue weighted by atomic mass is 16.2. The minimum absolute atomic E-state index is 0.0515. The summed E-state index contributed by atoms with van der Waals surface area (Å²) in [6.45, 7) is 4.12. The van der Waals surface area contributed by atoms with E-state index in [0.717, 1.165) is 18.8 Å². The number of rotatable bonds is 7. The predicted molar refractivity (Wildman–Crippen MR) is 99.2 cm³/mol. The number of carbonyl (C=O) groups excluding carboxylic acids is 2. The summed E-state index contributed by atoms with van der Waals surface area (Å²) in [5.74, 6) is 1.16. The summed E-state index contributed by atoms with van der Waals surface area (Å²) in [6, 6.07) is 10.2. The van der Waals surface area contributed by atoms with E-state index in [0.29, 0.717) is 19.5 Å². The average molecular weight is 354 g/mol. The first-order valence-electron chi connectivity index (χ1n) is 9.12. The van der Waals surface area contributed by atoms with Crippen molar-refractivity contribution in [2.24, 2.45) is 5.92 Å². The maximum Gasteiger partial charge on any atom is 0.242 e. The smallest absolute Gasteiger partial charge is 0.242 e. The molecule has 2 aromatic rings. The Bertz CT molecular complexity index is 756. The van der Waals surface area contributed by atoms with Crippen LogP contribution >= 0.6 is 0 Å². The van der Waals surface area contributed by atoms with Crippen LogP contribution in [0, 0.1) is 5.92 Å². The van der Waals surface area contributed by atoms with E-state index in [2.05, 4.69) is 17.1 Å². The molecule has 26 heavy (non-hydrogen) atoms. The molecule has 1 aromatic carbocycles. The van der Waals surface area contributed by atoms with Crippen molar-refractivity contribution in [3.05, 3.63) is 54.1 Å². The Balaban J connectivity index is 1.53. The van der Waals surface area contributed by atoms with Gasteiger partial charge in [0, 0.05) is 39.0 Å². The number of nitrogens with zero attached hydrogens (tertiary/aromatic N) is 4. The fourth-order valence-electron chi connectivity index (χ4n) is 3.45. The second-order valence-corrected chi connectivity index (χ2v) is 6.91. The van der Waals surface area contributed by atoms with Gasteiger partial charge in [-0.05, 0) is 24.8 Å². The molecule has 2 amide bonds. The van der Waals surface area contributed by atoms with Crippen LogP contribution in [0.15, 0.2) is 42.7 Å². The van der Waals surface area contributed by atoms with Gasteiger partial charge in [0.25, 0.3) is 0 Å². The molecule has 6 nitrogen and oxygen atoms in total. The molecule has 6 heteroatoms. The van der Waals surface area contributed by atoms with Crippen molar-refractivity contribution in [1.29, 1.82) is 0 Å². The highest BCUT2D eigenvalue weighted by molar-refractivity contribution is 5.86. The van der Waals surface area contributed by atoms with Gasteiger partial charge in [-0.15, -0.1) is 0 Å². The number of aryl methyl sites for hydroxylation is 1. The molecule has 138 valence electrons. The van der Waals surface area contributed by atoms with E-state index >= 15 is 0 Å². The third kappa shape index (κ3) is 4.31. The fraction of sp³-hybridized carbons (Fsp3) is 0.450. The summed E-state index contributed by atoms with van der Waals surface area (Å²) in [5, 5.41) is 0. The highest BCUT2D eigenvalue weighted by Gasteiger charge is 2.31. The lowest BCUT2D eigenvalue weighted by Gasteiger charge is -2.22. The minimum atomic E-state index is -0.0515. The quantitative estimate of drug-likeness (QED) is 0.764. The molecule has 1 atom stereocenters. The Hall–Kier alpha value is -2.63. The van der Waals surface area contributed by atoms with Crippen molar-refractivity contribution in [3.63, 3.8) is 0 Å². The number of imidazole rings is 1. The number of amides is 2. The lowest BCUT2D eigenvalue weighted by Crippen LogP contribution is -2.39. The van der Waals surface area contributed by atoms with Crippen molar-refractivity contribution in [1.82, 2.24) is 19.4 Å². The van der Waals surface area contributed by atoms with E-state index in [1.165, 1.54) is 5.56 Å². The van der Waals surface area contributed by atoms with Crippen LogP contribution < -0.4 is 0 Å². The Labute approximate surface area is 154 Å². The number of likely N-dealkylation sites (N-methyl/N-ethyl adjacent to an activating group) is 1. The van der Waals surface area contributed by atoms with Crippen molar-refractivity contribution in [3.8, 4) is 0 Å². The van der Waals surface area contributed by atoms with Crippen molar-refractivity contribution in [2.45, 2.75) is 32.9 Å². The summed E-state index contributed by atoms with van der Waals surface area (Å²) < 4.78 is 2.01. The molecule has 1 saturated heterocycles. The molecule has 1 aromatic heterocycles. The van der Waals surface area contributed by atoms with Gasteiger partial charge in [-0.3, -0.25) is 9.59 Å². The zero-order chi connectivity index (χ0) is 18.5. The zero-order valence-electron chi connectivity index (χ0n) is 15.5. The molecule has 0 saturated carbocycles. The third-order valence-corrected chi connectivity index (χ3v) is 4.93. The second-order valence-electron chi connectivity index (χ2n) is 6.91. The van der Waals surface area contributed by atoms with Crippen molar-refractivity contribution < 1.29 is 9.59 Å². The van der Waals surface area contributed by atoms with Crippen LogP contribution in [0.4, 0.5) is 0 Å². The zero-order valence-corrected chi connectivity index (χ0v) is 15.5. The summed E-state index contributed by atoms with van der Waals surface area (Å²) >= 11 is 0. The van der Waals surface area contributed by atoms with Crippen molar-refractivity contribution >= 4 is 11.8 Å². The fourth-order valence-corrected chi connectivity index (χ4v) is 3.45. The van der Waals surface area contributed by atoms with Gasteiger partial charge in [0.05, 0.1) is 13.1 Å². The number of benzene rings is 1. The molecule has 0 aliphatic carbocycles. The van der Waals surface area contributed by atoms with E-state index < -0.39 is 0 Å². The third-order valence-electron chi connectivity index (χ3n) is 4.93. The van der Waals surface area contributed by atoms with Crippen LogP contribution in [0.2, 0.25) is 0 Å². The van der Waals surface area contributed by atoms with Gasteiger partial charge in [-0.2, -0.15) is 0 Å². The molecule has 1 fully saturated rings. The largest absolute Gasteiger partial charge is 0.337 e. The Morgan fingerprint density at radius 3 is 2.81 bits per heavy atom. The molecule has 0 N–H and O–H groups in total. The standard InChI is InChI=1S/C20H26N4O2/c1-3-23-10-9-21-18(23)14-22(2)20(26)15-24-13-17(12-19(24)25)11-16-7-5-4-6-8-16/h4-10,17H,3,11-15H2,1-2H3/t17-/m1/s1. The van der Waals surface area contributed by atoms with Crippen LogP contribution in [-0.2, 0) is 29.1 Å². The summed E-state index contributed by atoms with van der Waals surface area (Å²) in [7, 11) is 1.76. The monoisotopic (exact) mass is 354 g/mol. The van der Waals surface area contributed by atoms with Gasteiger partial charge in [-0.25, -0.2) is 4.98 Å². The molecule has 0 bridgehead atoms. The molecule has 0 radical (unpaired) electrons. The number of carbonyl (C=O) groups is 2. The Morgan fingerprint density at radius 2 is 2.08 bits per heavy atom. The number of aromatic nitrogens is 2. The van der Waals surface area contributed by atoms with Crippen LogP contribution in [0.3, 0.4) is 0 Å². The normalized spacial score (nSPS) is 16.9. The van der Waals surface area contributed by atoms with Gasteiger partial charge >= 0.3 is 0 Å². The number of hydrogen-bond acceptors (Lipinski definition) is 3. The maximum absolute atomic E-state index is 12.5. The number of hydrogen-bond donors (Lipinski definition) is 0. The summed E-state index contributed by atoms with van der Waals surface area (Å²) in [6.07, 6.45) is 5.05. The van der Waals surface area contributed by atoms with E-state index in [1.807, 2.05) is 35.9 Å². The molecular formula is C20H26N4O2. The Morgan fingerprint density at radius 1 is 1.31 bits per heavy atom. The molecule has 0 unspecified atom stereocenters. The minimum Gasteiger partial charge on any atom is -0.337 e. The average Bonchev–Trinajstić information content (AvgIpc) is 3.22. The Kier molecular flexibility index (Phi) is 5.71. The second kappa shape index (κ2) is 8.17. The van der Waals surface area contributed by atoms with E-state index in [1.54, 1.807) is 23.0 Å². The van der Waals surface area contributed by atoms with E-state index in [-0.39, 0.29) is 24.3 Å². The SMILES string of the molecule is CCn1ccnc1CN(C)C(=O)CN1C[C@H](Cc2ccccc2)CC1=O.